The molecule has 0 bridgehead atoms. The molecule has 0 spiro atoms. The predicted molar refractivity (Wildman–Crippen MR) is 103 cm³/mol. The normalized spacial score (nSPS) is 14.5. The minimum atomic E-state index is -4.57. The van der Waals surface area contributed by atoms with Crippen molar-refractivity contribution in [2.45, 2.75) is 40.3 Å². The van der Waals surface area contributed by atoms with Crippen molar-refractivity contribution in [3.05, 3.63) is 66.0 Å². The van der Waals surface area contributed by atoms with E-state index in [9.17, 15) is 17.2 Å². The zero-order valence-corrected chi connectivity index (χ0v) is 16.3. The molecule has 1 saturated carbocycles. The summed E-state index contributed by atoms with van der Waals surface area (Å²) in [6, 6.07) is 15.4. The zero-order valence-electron chi connectivity index (χ0n) is 14.7. The van der Waals surface area contributed by atoms with Crippen molar-refractivity contribution < 1.29 is 17.2 Å². The Bertz CT molecular complexity index is 1060. The molecule has 146 valence electrons. The molecule has 5 nitrogen and oxygen atoms in total. The monoisotopic (exact) mass is 421 g/mol. The Kier molecular flexibility index (Phi) is 5.20. The van der Waals surface area contributed by atoms with Gasteiger partial charge in [0.25, 0.3) is 0 Å². The van der Waals surface area contributed by atoms with E-state index in [-0.39, 0.29) is 4.90 Å². The molecular formula is C19H17F2N3O2S2. The number of thioether (sulfide) groups is 1. The van der Waals surface area contributed by atoms with Crippen LogP contribution in [0.1, 0.15) is 30.1 Å². The summed E-state index contributed by atoms with van der Waals surface area (Å²) in [5.74, 6) is -1.52. The van der Waals surface area contributed by atoms with Gasteiger partial charge >= 0.3 is 5.76 Å². The van der Waals surface area contributed by atoms with Gasteiger partial charge in [0.05, 0.1) is 4.90 Å². The van der Waals surface area contributed by atoms with Crippen LogP contribution in [-0.2, 0) is 15.6 Å². The van der Waals surface area contributed by atoms with Crippen LogP contribution in [0.25, 0.3) is 5.69 Å². The second-order valence-corrected chi connectivity index (χ2v) is 9.38. The molecule has 0 saturated heterocycles. The first-order chi connectivity index (χ1) is 13.5. The van der Waals surface area contributed by atoms with Gasteiger partial charge in [-0.25, -0.2) is 8.42 Å². The number of hydrogen-bond acceptors (Lipinski definition) is 5. The third-order valence-electron chi connectivity index (χ3n) is 4.47. The molecule has 0 N–H and O–H groups in total. The van der Waals surface area contributed by atoms with Crippen molar-refractivity contribution in [3.63, 3.8) is 0 Å². The number of benzene rings is 2. The SMILES string of the molecule is O=S(=O)(c1ccc(CSc2nnc(C3CC3)n2-c2ccccc2)cc1)C(F)F. The lowest BCUT2D eigenvalue weighted by molar-refractivity contribution is 0.234. The van der Waals surface area contributed by atoms with E-state index < -0.39 is 15.6 Å². The minimum Gasteiger partial charge on any atom is -0.274 e. The van der Waals surface area contributed by atoms with Gasteiger partial charge in [-0.1, -0.05) is 42.1 Å². The van der Waals surface area contributed by atoms with Crippen LogP contribution in [0.4, 0.5) is 8.78 Å². The average Bonchev–Trinajstić information content (AvgIpc) is 3.46. The number of aromatic nitrogens is 3. The lowest BCUT2D eigenvalue weighted by atomic mass is 10.2. The van der Waals surface area contributed by atoms with Gasteiger partial charge in [0, 0.05) is 17.4 Å². The maximum atomic E-state index is 12.6. The van der Waals surface area contributed by atoms with Gasteiger partial charge in [-0.3, -0.25) is 4.57 Å². The second kappa shape index (κ2) is 7.63. The highest BCUT2D eigenvalue weighted by Gasteiger charge is 2.31. The summed E-state index contributed by atoms with van der Waals surface area (Å²) in [6.45, 7) is 0. The summed E-state index contributed by atoms with van der Waals surface area (Å²) in [5.41, 5.74) is 1.81. The molecule has 28 heavy (non-hydrogen) atoms. The first-order valence-electron chi connectivity index (χ1n) is 8.71. The Labute approximate surface area is 165 Å². The van der Waals surface area contributed by atoms with Gasteiger partial charge in [-0.2, -0.15) is 8.78 Å². The van der Waals surface area contributed by atoms with Crippen LogP contribution < -0.4 is 0 Å². The van der Waals surface area contributed by atoms with Crippen LogP contribution in [0.2, 0.25) is 0 Å². The number of sulfone groups is 1. The zero-order chi connectivity index (χ0) is 19.7. The van der Waals surface area contributed by atoms with E-state index in [1.54, 1.807) is 12.1 Å². The fourth-order valence-electron chi connectivity index (χ4n) is 2.83. The highest BCUT2D eigenvalue weighted by atomic mass is 32.2. The number of rotatable bonds is 7. The Morgan fingerprint density at radius 1 is 1.04 bits per heavy atom. The van der Waals surface area contributed by atoms with E-state index in [2.05, 4.69) is 14.8 Å². The van der Waals surface area contributed by atoms with E-state index in [0.717, 1.165) is 35.1 Å². The summed E-state index contributed by atoms with van der Waals surface area (Å²) >= 11 is 1.47. The van der Waals surface area contributed by atoms with Gasteiger partial charge in [-0.05, 0) is 42.7 Å². The molecule has 0 amide bonds. The molecule has 1 fully saturated rings. The molecule has 1 aromatic heterocycles. The molecule has 4 rings (SSSR count). The smallest absolute Gasteiger partial charge is 0.274 e. The maximum Gasteiger partial charge on any atom is 0.341 e. The quantitative estimate of drug-likeness (QED) is 0.528. The Balaban J connectivity index is 1.55. The average molecular weight is 421 g/mol. The molecule has 0 aliphatic heterocycles. The molecule has 1 aliphatic rings. The standard InChI is InChI=1S/C19H17F2N3O2S2/c20-18(21)28(25,26)16-10-6-13(7-11-16)12-27-19-23-22-17(14-8-9-14)24(19)15-4-2-1-3-5-15/h1-7,10-11,14,18H,8-9,12H2. The van der Waals surface area contributed by atoms with Crippen LogP contribution in [0.15, 0.2) is 64.6 Å². The van der Waals surface area contributed by atoms with Crippen molar-refractivity contribution in [3.8, 4) is 5.69 Å². The van der Waals surface area contributed by atoms with Gasteiger partial charge < -0.3 is 0 Å². The van der Waals surface area contributed by atoms with Crippen molar-refractivity contribution in [2.75, 3.05) is 0 Å². The third-order valence-corrected chi connectivity index (χ3v) is 6.87. The first-order valence-corrected chi connectivity index (χ1v) is 11.2. The lowest BCUT2D eigenvalue weighted by Crippen LogP contribution is -2.11. The van der Waals surface area contributed by atoms with Crippen LogP contribution in [0, 0.1) is 0 Å². The Morgan fingerprint density at radius 2 is 1.71 bits per heavy atom. The fraction of sp³-hybridized carbons (Fsp3) is 0.263. The van der Waals surface area contributed by atoms with Gasteiger partial charge in [0.1, 0.15) is 5.82 Å². The number of para-hydroxylation sites is 1. The molecule has 0 unspecified atom stereocenters. The van der Waals surface area contributed by atoms with Crippen molar-refractivity contribution >= 4 is 21.6 Å². The first kappa shape index (κ1) is 19.1. The number of alkyl halides is 2. The van der Waals surface area contributed by atoms with Gasteiger partial charge in [-0.15, -0.1) is 10.2 Å². The summed E-state index contributed by atoms with van der Waals surface area (Å²) in [7, 11) is -4.57. The van der Waals surface area contributed by atoms with Crippen LogP contribution in [-0.4, -0.2) is 28.9 Å². The molecule has 1 aliphatic carbocycles. The summed E-state index contributed by atoms with van der Waals surface area (Å²) < 4.78 is 50.4. The highest BCUT2D eigenvalue weighted by molar-refractivity contribution is 7.98. The van der Waals surface area contributed by atoms with Gasteiger partial charge in [0.2, 0.25) is 9.84 Å². The number of halogens is 2. The van der Waals surface area contributed by atoms with E-state index >= 15 is 0 Å². The van der Waals surface area contributed by atoms with Crippen LogP contribution in [0.5, 0.6) is 0 Å². The summed E-state index contributed by atoms with van der Waals surface area (Å²) in [5, 5.41) is 9.44. The van der Waals surface area contributed by atoms with Gasteiger partial charge in [0.15, 0.2) is 5.16 Å². The summed E-state index contributed by atoms with van der Waals surface area (Å²) in [6.07, 6.45) is 2.21. The second-order valence-electron chi connectivity index (χ2n) is 6.52. The third kappa shape index (κ3) is 3.81. The highest BCUT2D eigenvalue weighted by Crippen LogP contribution is 2.41. The Morgan fingerprint density at radius 3 is 2.32 bits per heavy atom. The Hall–Kier alpha value is -2.26. The molecular weight excluding hydrogens is 404 g/mol. The maximum absolute atomic E-state index is 12.6. The molecule has 2 aromatic carbocycles. The number of nitrogens with zero attached hydrogens (tertiary/aromatic N) is 3. The fourth-order valence-corrected chi connectivity index (χ4v) is 4.46. The molecule has 3 aromatic rings. The van der Waals surface area contributed by atoms with E-state index in [4.69, 9.17) is 0 Å². The van der Waals surface area contributed by atoms with Crippen molar-refractivity contribution in [2.24, 2.45) is 0 Å². The predicted octanol–water partition coefficient (Wildman–Crippen LogP) is 4.43. The largest absolute Gasteiger partial charge is 0.341 e. The lowest BCUT2D eigenvalue weighted by Gasteiger charge is -2.10. The van der Waals surface area contributed by atoms with E-state index in [1.807, 2.05) is 30.3 Å². The van der Waals surface area contributed by atoms with Crippen molar-refractivity contribution in [1.82, 2.24) is 14.8 Å². The molecule has 0 atom stereocenters. The summed E-state index contributed by atoms with van der Waals surface area (Å²) in [4.78, 5) is -0.375. The minimum absolute atomic E-state index is 0.375. The molecule has 0 radical (unpaired) electrons. The number of hydrogen-bond donors (Lipinski definition) is 0. The van der Waals surface area contributed by atoms with Crippen LogP contribution >= 0.6 is 11.8 Å². The molecule has 1 heterocycles. The molecule has 9 heteroatoms. The van der Waals surface area contributed by atoms with Crippen LogP contribution in [0.3, 0.4) is 0 Å². The van der Waals surface area contributed by atoms with E-state index in [0.29, 0.717) is 11.7 Å². The van der Waals surface area contributed by atoms with E-state index in [1.165, 1.54) is 23.9 Å². The van der Waals surface area contributed by atoms with Crippen molar-refractivity contribution in [1.29, 1.82) is 0 Å². The topological polar surface area (TPSA) is 64.8 Å².